The summed E-state index contributed by atoms with van der Waals surface area (Å²) in [5, 5.41) is 23.9. The molecular weight excluding hydrogens is 262 g/mol. The first-order chi connectivity index (χ1) is 9.95. The van der Waals surface area contributed by atoms with E-state index >= 15 is 0 Å². The summed E-state index contributed by atoms with van der Waals surface area (Å²) in [4.78, 5) is 0. The summed E-state index contributed by atoms with van der Waals surface area (Å²) in [6, 6.07) is 0.498. The summed E-state index contributed by atoms with van der Waals surface area (Å²) < 4.78 is 0. The van der Waals surface area contributed by atoms with Crippen LogP contribution in [0.2, 0.25) is 0 Å². The molecule has 0 aromatic carbocycles. The number of hydrogen-bond donors (Lipinski definition) is 3. The molecule has 4 aliphatic rings. The van der Waals surface area contributed by atoms with E-state index in [2.05, 4.69) is 19.2 Å². The molecule has 0 bridgehead atoms. The lowest BCUT2D eigenvalue weighted by molar-refractivity contribution is -0.123. The Bertz CT molecular complexity index is 427. The van der Waals surface area contributed by atoms with Gasteiger partial charge in [0.2, 0.25) is 0 Å². The summed E-state index contributed by atoms with van der Waals surface area (Å²) in [6.07, 6.45) is 8.93. The Kier molecular flexibility index (Phi) is 3.23. The van der Waals surface area contributed by atoms with E-state index in [-0.39, 0.29) is 17.7 Å². The van der Waals surface area contributed by atoms with Crippen molar-refractivity contribution in [1.29, 1.82) is 0 Å². The minimum atomic E-state index is -0.290. The molecule has 21 heavy (non-hydrogen) atoms. The van der Waals surface area contributed by atoms with E-state index in [9.17, 15) is 10.2 Å². The van der Waals surface area contributed by atoms with Gasteiger partial charge in [0, 0.05) is 6.04 Å². The first-order valence-electron chi connectivity index (χ1n) is 9.07. The lowest BCUT2D eigenvalue weighted by Gasteiger charge is -2.60. The van der Waals surface area contributed by atoms with Crippen LogP contribution in [0.4, 0.5) is 0 Å². The van der Waals surface area contributed by atoms with Crippen LogP contribution in [0.25, 0.3) is 0 Å². The Balaban J connectivity index is 1.62. The highest BCUT2D eigenvalue weighted by atomic mass is 16.3. The van der Waals surface area contributed by atoms with Gasteiger partial charge >= 0.3 is 0 Å². The van der Waals surface area contributed by atoms with Gasteiger partial charge in [-0.15, -0.1) is 0 Å². The maximum atomic E-state index is 10.5. The molecule has 1 saturated heterocycles. The second kappa shape index (κ2) is 4.69. The zero-order valence-electron chi connectivity index (χ0n) is 13.5. The standard InChI is InChI=1S/C18H31NO2/c1-17-10-8-16(21)19-14(17)5-3-11-12-4-6-15(20)18(12,2)9-7-13(11)17/h11-16,19-21H,3-10H2,1-2H3/t11-,12-,13-,14-,15-,16-,17+,18-/m0/s1. The van der Waals surface area contributed by atoms with Crippen LogP contribution in [0.5, 0.6) is 0 Å². The lowest BCUT2D eigenvalue weighted by Crippen LogP contribution is -2.62. The fourth-order valence-corrected chi connectivity index (χ4v) is 6.83. The number of hydrogen-bond acceptors (Lipinski definition) is 3. The normalized spacial score (nSPS) is 60.0. The summed E-state index contributed by atoms with van der Waals surface area (Å²) in [6.45, 7) is 4.82. The van der Waals surface area contributed by atoms with Crippen molar-refractivity contribution in [2.45, 2.75) is 83.6 Å². The van der Waals surface area contributed by atoms with Crippen molar-refractivity contribution in [3.8, 4) is 0 Å². The molecule has 3 nitrogen and oxygen atoms in total. The molecule has 1 aliphatic heterocycles. The fourth-order valence-electron chi connectivity index (χ4n) is 6.83. The number of nitrogens with one attached hydrogen (secondary N) is 1. The lowest BCUT2D eigenvalue weighted by atomic mass is 9.47. The summed E-state index contributed by atoms with van der Waals surface area (Å²) >= 11 is 0. The molecule has 0 radical (unpaired) electrons. The molecule has 0 unspecified atom stereocenters. The van der Waals surface area contributed by atoms with Crippen LogP contribution >= 0.6 is 0 Å². The molecule has 0 aromatic rings. The third kappa shape index (κ3) is 1.90. The molecule has 0 aromatic heterocycles. The maximum Gasteiger partial charge on any atom is 0.105 e. The van der Waals surface area contributed by atoms with Crippen molar-refractivity contribution in [3.63, 3.8) is 0 Å². The van der Waals surface area contributed by atoms with Crippen LogP contribution < -0.4 is 5.32 Å². The molecular formula is C18H31NO2. The van der Waals surface area contributed by atoms with Gasteiger partial charge in [0.1, 0.15) is 6.23 Å². The summed E-state index contributed by atoms with van der Waals surface area (Å²) in [5.74, 6) is 2.33. The maximum absolute atomic E-state index is 10.5. The van der Waals surface area contributed by atoms with E-state index in [1.54, 1.807) is 0 Å². The van der Waals surface area contributed by atoms with Crippen LogP contribution in [-0.2, 0) is 0 Å². The zero-order chi connectivity index (χ0) is 14.8. The summed E-state index contributed by atoms with van der Waals surface area (Å²) in [7, 11) is 0. The van der Waals surface area contributed by atoms with E-state index in [0.717, 1.165) is 30.6 Å². The van der Waals surface area contributed by atoms with Crippen LogP contribution in [0, 0.1) is 28.6 Å². The number of aliphatic hydroxyl groups excluding tert-OH is 2. The molecule has 0 spiro atoms. The van der Waals surface area contributed by atoms with Gasteiger partial charge in [-0.3, -0.25) is 5.32 Å². The van der Waals surface area contributed by atoms with Crippen LogP contribution in [0.3, 0.4) is 0 Å². The third-order valence-corrected chi connectivity index (χ3v) is 8.17. The highest BCUT2D eigenvalue weighted by Gasteiger charge is 2.60. The first-order valence-corrected chi connectivity index (χ1v) is 9.07. The molecule has 3 saturated carbocycles. The van der Waals surface area contributed by atoms with Gasteiger partial charge in [0.15, 0.2) is 0 Å². The Hall–Kier alpha value is -0.120. The first kappa shape index (κ1) is 14.5. The number of fused-ring (bicyclic) bond motifs is 5. The SMILES string of the molecule is C[C@]12CC[C@H](O)N[C@H]1CC[C@@H]1[C@@H]2CC[C@]2(C)[C@@H](O)CC[C@@H]12. The molecule has 0 amide bonds. The third-order valence-electron chi connectivity index (χ3n) is 8.17. The van der Waals surface area contributed by atoms with E-state index < -0.39 is 0 Å². The van der Waals surface area contributed by atoms with E-state index in [1.165, 1.54) is 38.5 Å². The van der Waals surface area contributed by atoms with Crippen molar-refractivity contribution in [2.24, 2.45) is 28.6 Å². The monoisotopic (exact) mass is 293 g/mol. The molecule has 3 heteroatoms. The van der Waals surface area contributed by atoms with Crippen molar-refractivity contribution >= 4 is 0 Å². The van der Waals surface area contributed by atoms with E-state index in [4.69, 9.17) is 0 Å². The Morgan fingerprint density at radius 1 is 0.810 bits per heavy atom. The van der Waals surface area contributed by atoms with Crippen molar-refractivity contribution in [2.75, 3.05) is 0 Å². The minimum Gasteiger partial charge on any atom is -0.393 e. The summed E-state index contributed by atoms with van der Waals surface area (Å²) in [5.41, 5.74) is 0.545. The van der Waals surface area contributed by atoms with Gasteiger partial charge in [-0.1, -0.05) is 13.8 Å². The smallest absolute Gasteiger partial charge is 0.105 e. The van der Waals surface area contributed by atoms with Crippen molar-refractivity contribution in [3.05, 3.63) is 0 Å². The second-order valence-corrected chi connectivity index (χ2v) is 8.87. The Morgan fingerprint density at radius 3 is 2.33 bits per heavy atom. The van der Waals surface area contributed by atoms with Gasteiger partial charge in [0.25, 0.3) is 0 Å². The van der Waals surface area contributed by atoms with E-state index in [0.29, 0.717) is 11.5 Å². The molecule has 3 aliphatic carbocycles. The van der Waals surface area contributed by atoms with Crippen LogP contribution in [0.1, 0.15) is 65.2 Å². The largest absolute Gasteiger partial charge is 0.393 e. The quantitative estimate of drug-likeness (QED) is 0.643. The molecule has 3 N–H and O–H groups in total. The highest BCUT2D eigenvalue weighted by molar-refractivity contribution is 5.10. The highest BCUT2D eigenvalue weighted by Crippen LogP contribution is 2.64. The zero-order valence-corrected chi connectivity index (χ0v) is 13.5. The topological polar surface area (TPSA) is 52.5 Å². The number of aliphatic hydroxyl groups is 2. The average molecular weight is 293 g/mol. The number of piperidine rings is 1. The Morgan fingerprint density at radius 2 is 1.52 bits per heavy atom. The van der Waals surface area contributed by atoms with Gasteiger partial charge in [-0.05, 0) is 80.0 Å². The van der Waals surface area contributed by atoms with Gasteiger partial charge < -0.3 is 10.2 Å². The molecule has 4 rings (SSSR count). The average Bonchev–Trinajstić information content (AvgIpc) is 2.76. The second-order valence-electron chi connectivity index (χ2n) is 8.87. The van der Waals surface area contributed by atoms with Gasteiger partial charge in [-0.25, -0.2) is 0 Å². The van der Waals surface area contributed by atoms with E-state index in [1.807, 2.05) is 0 Å². The van der Waals surface area contributed by atoms with Crippen LogP contribution in [0.15, 0.2) is 0 Å². The molecule has 8 atom stereocenters. The minimum absolute atomic E-state index is 0.0692. The van der Waals surface area contributed by atoms with Gasteiger partial charge in [0.05, 0.1) is 6.10 Å². The predicted octanol–water partition coefficient (Wildman–Crippen LogP) is 2.66. The molecule has 4 fully saturated rings. The van der Waals surface area contributed by atoms with Crippen molar-refractivity contribution in [1.82, 2.24) is 5.32 Å². The van der Waals surface area contributed by atoms with Crippen molar-refractivity contribution < 1.29 is 10.2 Å². The Labute approximate surface area is 128 Å². The number of rotatable bonds is 0. The predicted molar refractivity (Wildman–Crippen MR) is 82.6 cm³/mol. The fraction of sp³-hybridized carbons (Fsp3) is 1.00. The molecule has 1 heterocycles. The van der Waals surface area contributed by atoms with Gasteiger partial charge in [-0.2, -0.15) is 0 Å². The van der Waals surface area contributed by atoms with Crippen LogP contribution in [-0.4, -0.2) is 28.6 Å². The molecule has 120 valence electrons.